The number of morpholine rings is 1. The predicted molar refractivity (Wildman–Crippen MR) is 80.0 cm³/mol. The summed E-state index contributed by atoms with van der Waals surface area (Å²) in [5, 5.41) is 2.88. The summed E-state index contributed by atoms with van der Waals surface area (Å²) in [6.07, 6.45) is -0.0984. The van der Waals surface area contributed by atoms with Crippen LogP contribution in [-0.2, 0) is 4.74 Å². The van der Waals surface area contributed by atoms with E-state index in [1.165, 1.54) is 0 Å². The van der Waals surface area contributed by atoms with E-state index in [4.69, 9.17) is 9.47 Å². The number of benzene rings is 1. The molecule has 1 aromatic rings. The Balaban J connectivity index is 1.76. The van der Waals surface area contributed by atoms with E-state index in [1.807, 2.05) is 31.2 Å². The maximum atomic E-state index is 11.9. The SMILES string of the molecule is C[C@H](CNC(=O)N1CCOCC1)Oc1ccccc1Br. The van der Waals surface area contributed by atoms with E-state index in [2.05, 4.69) is 21.2 Å². The van der Waals surface area contributed by atoms with Crippen LogP contribution in [-0.4, -0.2) is 49.9 Å². The summed E-state index contributed by atoms with van der Waals surface area (Å²) in [4.78, 5) is 13.7. The molecule has 5 nitrogen and oxygen atoms in total. The molecule has 1 N–H and O–H groups in total. The van der Waals surface area contributed by atoms with Gasteiger partial charge in [0.1, 0.15) is 11.9 Å². The highest BCUT2D eigenvalue weighted by Gasteiger charge is 2.17. The lowest BCUT2D eigenvalue weighted by molar-refractivity contribution is 0.0525. The van der Waals surface area contributed by atoms with Crippen molar-refractivity contribution in [2.75, 3.05) is 32.8 Å². The minimum Gasteiger partial charge on any atom is -0.488 e. The van der Waals surface area contributed by atoms with Crippen molar-refractivity contribution >= 4 is 22.0 Å². The molecule has 2 rings (SSSR count). The zero-order chi connectivity index (χ0) is 14.4. The molecule has 2 amide bonds. The van der Waals surface area contributed by atoms with E-state index < -0.39 is 0 Å². The summed E-state index contributed by atoms with van der Waals surface area (Å²) >= 11 is 3.43. The minimum atomic E-state index is -0.0984. The summed E-state index contributed by atoms with van der Waals surface area (Å²) in [6.45, 7) is 4.90. The van der Waals surface area contributed by atoms with Crippen LogP contribution in [0.2, 0.25) is 0 Å². The number of nitrogens with one attached hydrogen (secondary N) is 1. The molecule has 0 bridgehead atoms. The van der Waals surface area contributed by atoms with Crippen molar-refractivity contribution in [3.05, 3.63) is 28.7 Å². The van der Waals surface area contributed by atoms with Crippen molar-refractivity contribution in [3.8, 4) is 5.75 Å². The normalized spacial score (nSPS) is 16.6. The lowest BCUT2D eigenvalue weighted by atomic mass is 10.3. The van der Waals surface area contributed by atoms with Gasteiger partial charge >= 0.3 is 6.03 Å². The molecule has 0 spiro atoms. The van der Waals surface area contributed by atoms with Crippen LogP contribution in [0.15, 0.2) is 28.7 Å². The molecular weight excluding hydrogens is 324 g/mol. The third-order valence-electron chi connectivity index (χ3n) is 3.00. The first kappa shape index (κ1) is 15.1. The van der Waals surface area contributed by atoms with Crippen LogP contribution in [0.5, 0.6) is 5.75 Å². The second-order valence-electron chi connectivity index (χ2n) is 4.64. The van der Waals surface area contributed by atoms with Gasteiger partial charge in [-0.25, -0.2) is 4.79 Å². The molecule has 0 unspecified atom stereocenters. The van der Waals surface area contributed by atoms with Crippen molar-refractivity contribution < 1.29 is 14.3 Å². The number of para-hydroxylation sites is 1. The van der Waals surface area contributed by atoms with Gasteiger partial charge in [0.25, 0.3) is 0 Å². The van der Waals surface area contributed by atoms with Crippen LogP contribution in [0.3, 0.4) is 0 Å². The van der Waals surface area contributed by atoms with Crippen LogP contribution < -0.4 is 10.1 Å². The zero-order valence-electron chi connectivity index (χ0n) is 11.5. The molecule has 0 radical (unpaired) electrons. The van der Waals surface area contributed by atoms with Gasteiger partial charge in [-0.15, -0.1) is 0 Å². The van der Waals surface area contributed by atoms with E-state index in [-0.39, 0.29) is 12.1 Å². The standard InChI is InChI=1S/C14H19BrN2O3/c1-11(20-13-5-3-2-4-12(13)15)10-16-14(18)17-6-8-19-9-7-17/h2-5,11H,6-10H2,1H3,(H,16,18)/t11-/m1/s1. The third-order valence-corrected chi connectivity index (χ3v) is 3.66. The molecule has 1 heterocycles. The maximum Gasteiger partial charge on any atom is 0.317 e. The van der Waals surface area contributed by atoms with E-state index in [0.717, 1.165) is 10.2 Å². The minimum absolute atomic E-state index is 0.0594. The molecule has 0 saturated carbocycles. The number of carbonyl (C=O) groups excluding carboxylic acids is 1. The van der Waals surface area contributed by atoms with Gasteiger partial charge in [-0.1, -0.05) is 12.1 Å². The summed E-state index contributed by atoms with van der Waals surface area (Å²) in [5.74, 6) is 0.778. The fourth-order valence-corrected chi connectivity index (χ4v) is 2.29. The number of amides is 2. The van der Waals surface area contributed by atoms with Gasteiger partial charge < -0.3 is 19.7 Å². The Kier molecular flexibility index (Phi) is 5.67. The van der Waals surface area contributed by atoms with E-state index in [9.17, 15) is 4.79 Å². The summed E-state index contributed by atoms with van der Waals surface area (Å²) in [7, 11) is 0. The average molecular weight is 343 g/mol. The van der Waals surface area contributed by atoms with Gasteiger partial charge in [0.05, 0.1) is 24.2 Å². The third kappa shape index (κ3) is 4.38. The highest BCUT2D eigenvalue weighted by atomic mass is 79.9. The van der Waals surface area contributed by atoms with E-state index in [1.54, 1.807) is 4.90 Å². The highest BCUT2D eigenvalue weighted by Crippen LogP contribution is 2.24. The van der Waals surface area contributed by atoms with E-state index >= 15 is 0 Å². The van der Waals surface area contributed by atoms with Crippen molar-refractivity contribution in [1.29, 1.82) is 0 Å². The maximum absolute atomic E-state index is 11.9. The predicted octanol–water partition coefficient (Wildman–Crippen LogP) is 2.26. The first-order valence-electron chi connectivity index (χ1n) is 6.68. The molecule has 20 heavy (non-hydrogen) atoms. The Labute approximate surface area is 127 Å². The van der Waals surface area contributed by atoms with Gasteiger partial charge in [-0.2, -0.15) is 0 Å². The first-order chi connectivity index (χ1) is 9.66. The molecule has 0 aromatic heterocycles. The number of urea groups is 1. The Bertz CT molecular complexity index is 450. The molecule has 0 aliphatic carbocycles. The molecule has 1 saturated heterocycles. The first-order valence-corrected chi connectivity index (χ1v) is 7.48. The number of nitrogens with zero attached hydrogens (tertiary/aromatic N) is 1. The van der Waals surface area contributed by atoms with Gasteiger partial charge in [0.15, 0.2) is 0 Å². The van der Waals surface area contributed by atoms with Crippen LogP contribution in [0.25, 0.3) is 0 Å². The molecular formula is C14H19BrN2O3. The Morgan fingerprint density at radius 3 is 2.85 bits per heavy atom. The summed E-state index contributed by atoms with van der Waals surface area (Å²) < 4.78 is 11.9. The lowest BCUT2D eigenvalue weighted by Gasteiger charge is -2.27. The second kappa shape index (κ2) is 7.50. The quantitative estimate of drug-likeness (QED) is 0.912. The molecule has 1 fully saturated rings. The Morgan fingerprint density at radius 1 is 1.45 bits per heavy atom. The fourth-order valence-electron chi connectivity index (χ4n) is 1.91. The fraction of sp³-hybridized carbons (Fsp3) is 0.500. The van der Waals surface area contributed by atoms with Gasteiger partial charge in [-0.05, 0) is 35.0 Å². The monoisotopic (exact) mass is 342 g/mol. The van der Waals surface area contributed by atoms with Crippen molar-refractivity contribution in [3.63, 3.8) is 0 Å². The topological polar surface area (TPSA) is 50.8 Å². The number of carbonyl (C=O) groups is 1. The molecule has 6 heteroatoms. The number of rotatable bonds is 4. The lowest BCUT2D eigenvalue weighted by Crippen LogP contribution is -2.48. The van der Waals surface area contributed by atoms with Crippen LogP contribution in [0.4, 0.5) is 4.79 Å². The molecule has 1 aromatic carbocycles. The average Bonchev–Trinajstić information content (AvgIpc) is 2.48. The summed E-state index contributed by atoms with van der Waals surface area (Å²) in [5.41, 5.74) is 0. The van der Waals surface area contributed by atoms with E-state index in [0.29, 0.717) is 32.8 Å². The molecule has 1 aliphatic rings. The summed E-state index contributed by atoms with van der Waals surface area (Å²) in [6, 6.07) is 7.61. The number of hydrogen-bond acceptors (Lipinski definition) is 3. The van der Waals surface area contributed by atoms with Gasteiger partial charge in [-0.3, -0.25) is 0 Å². The number of halogens is 1. The molecule has 1 aliphatic heterocycles. The van der Waals surface area contributed by atoms with Gasteiger partial charge in [0.2, 0.25) is 0 Å². The highest BCUT2D eigenvalue weighted by molar-refractivity contribution is 9.10. The van der Waals surface area contributed by atoms with Crippen molar-refractivity contribution in [1.82, 2.24) is 10.2 Å². The van der Waals surface area contributed by atoms with Crippen LogP contribution in [0.1, 0.15) is 6.92 Å². The smallest absolute Gasteiger partial charge is 0.317 e. The van der Waals surface area contributed by atoms with Crippen molar-refractivity contribution in [2.45, 2.75) is 13.0 Å². The zero-order valence-corrected chi connectivity index (χ0v) is 13.1. The Morgan fingerprint density at radius 2 is 2.15 bits per heavy atom. The number of ether oxygens (including phenoxy) is 2. The Hall–Kier alpha value is -1.27. The number of hydrogen-bond donors (Lipinski definition) is 1. The molecule has 1 atom stereocenters. The molecule has 110 valence electrons. The van der Waals surface area contributed by atoms with Crippen molar-refractivity contribution in [2.24, 2.45) is 0 Å². The van der Waals surface area contributed by atoms with Crippen LogP contribution in [0, 0.1) is 0 Å². The largest absolute Gasteiger partial charge is 0.488 e. The van der Waals surface area contributed by atoms with Gasteiger partial charge in [0, 0.05) is 13.1 Å². The van der Waals surface area contributed by atoms with Crippen LogP contribution >= 0.6 is 15.9 Å². The second-order valence-corrected chi connectivity index (χ2v) is 5.50.